The van der Waals surface area contributed by atoms with Crippen molar-refractivity contribution in [2.24, 2.45) is 0 Å². The number of amides is 4. The van der Waals surface area contributed by atoms with Gasteiger partial charge in [-0.1, -0.05) is 0 Å². The monoisotopic (exact) mass is 361 g/mol. The van der Waals surface area contributed by atoms with Crippen LogP contribution < -0.4 is 25.4 Å². The Labute approximate surface area is 151 Å². The first-order valence-electron chi connectivity index (χ1n) is 8.79. The van der Waals surface area contributed by atoms with E-state index in [9.17, 15) is 14.4 Å². The first kappa shape index (κ1) is 18.0. The third kappa shape index (κ3) is 4.07. The molecule has 1 saturated heterocycles. The molecule has 2 heterocycles. The molecule has 2 atom stereocenters. The van der Waals surface area contributed by atoms with Crippen LogP contribution >= 0.6 is 0 Å². The van der Waals surface area contributed by atoms with Crippen LogP contribution in [0.25, 0.3) is 0 Å². The molecule has 1 fully saturated rings. The highest BCUT2D eigenvalue weighted by Crippen LogP contribution is 2.35. The molecule has 1 aromatic rings. The predicted octanol–water partition coefficient (Wildman–Crippen LogP) is 1.01. The lowest BCUT2D eigenvalue weighted by Gasteiger charge is -2.14. The molecule has 0 unspecified atom stereocenters. The fourth-order valence-electron chi connectivity index (χ4n) is 3.13. The number of benzene rings is 1. The Morgan fingerprint density at radius 1 is 1.38 bits per heavy atom. The van der Waals surface area contributed by atoms with Gasteiger partial charge < -0.3 is 20.1 Å². The van der Waals surface area contributed by atoms with Gasteiger partial charge in [0.1, 0.15) is 23.6 Å². The van der Waals surface area contributed by atoms with Gasteiger partial charge in [0.2, 0.25) is 5.91 Å². The summed E-state index contributed by atoms with van der Waals surface area (Å²) in [6.45, 7) is 4.77. The second-order valence-electron chi connectivity index (χ2n) is 6.46. The van der Waals surface area contributed by atoms with E-state index in [1.807, 2.05) is 26.0 Å². The summed E-state index contributed by atoms with van der Waals surface area (Å²) in [5, 5.41) is 7.45. The highest BCUT2D eigenvalue weighted by atomic mass is 16.5. The molecule has 3 rings (SSSR count). The average molecular weight is 361 g/mol. The summed E-state index contributed by atoms with van der Waals surface area (Å²) in [7, 11) is 0. The number of hydrogen-bond donors (Lipinski definition) is 3. The van der Waals surface area contributed by atoms with Gasteiger partial charge in [0.25, 0.3) is 5.91 Å². The molecule has 1 aromatic carbocycles. The van der Waals surface area contributed by atoms with Crippen LogP contribution in [-0.2, 0) is 22.6 Å². The minimum Gasteiger partial charge on any atom is -0.494 e. The van der Waals surface area contributed by atoms with Crippen molar-refractivity contribution in [3.05, 3.63) is 23.3 Å². The fraction of sp³-hybridized carbons (Fsp3) is 0.500. The van der Waals surface area contributed by atoms with Gasteiger partial charge in [-0.05, 0) is 32.4 Å². The second-order valence-corrected chi connectivity index (χ2v) is 6.46. The van der Waals surface area contributed by atoms with Crippen molar-refractivity contribution in [2.45, 2.75) is 51.8 Å². The van der Waals surface area contributed by atoms with E-state index in [2.05, 4.69) is 16.0 Å². The normalized spacial score (nSPS) is 20.8. The largest absolute Gasteiger partial charge is 0.494 e. The Bertz CT molecular complexity index is 734. The van der Waals surface area contributed by atoms with E-state index in [-0.39, 0.29) is 24.9 Å². The van der Waals surface area contributed by atoms with Gasteiger partial charge in [-0.3, -0.25) is 14.9 Å². The maximum absolute atomic E-state index is 12.1. The van der Waals surface area contributed by atoms with E-state index in [1.165, 1.54) is 0 Å². The summed E-state index contributed by atoms with van der Waals surface area (Å²) in [6, 6.07) is 2.72. The number of rotatable bonds is 7. The number of nitrogens with one attached hydrogen (secondary N) is 3. The van der Waals surface area contributed by atoms with Crippen LogP contribution in [0.3, 0.4) is 0 Å². The molecule has 8 nitrogen and oxygen atoms in total. The Hall–Kier alpha value is -2.77. The summed E-state index contributed by atoms with van der Waals surface area (Å²) in [6.07, 6.45) is 1.38. The summed E-state index contributed by atoms with van der Waals surface area (Å²) >= 11 is 0. The molecule has 2 aliphatic heterocycles. The lowest BCUT2D eigenvalue weighted by Crippen LogP contribution is -2.31. The van der Waals surface area contributed by atoms with Crippen molar-refractivity contribution in [1.29, 1.82) is 0 Å². The van der Waals surface area contributed by atoms with Gasteiger partial charge in [0, 0.05) is 30.5 Å². The summed E-state index contributed by atoms with van der Waals surface area (Å²) in [5.74, 6) is 0.977. The molecule has 26 heavy (non-hydrogen) atoms. The molecule has 8 heteroatoms. The van der Waals surface area contributed by atoms with Gasteiger partial charge in [0.15, 0.2) is 0 Å². The zero-order valence-corrected chi connectivity index (χ0v) is 14.9. The van der Waals surface area contributed by atoms with Crippen molar-refractivity contribution in [2.75, 3.05) is 6.61 Å². The zero-order valence-electron chi connectivity index (χ0n) is 14.9. The van der Waals surface area contributed by atoms with Crippen LogP contribution in [0.4, 0.5) is 4.79 Å². The molecule has 2 aliphatic rings. The predicted molar refractivity (Wildman–Crippen MR) is 92.9 cm³/mol. The van der Waals surface area contributed by atoms with Crippen LogP contribution in [0.15, 0.2) is 12.1 Å². The van der Waals surface area contributed by atoms with E-state index in [4.69, 9.17) is 9.47 Å². The molecule has 0 aromatic heterocycles. The SMILES string of the molecule is CCOc1cc2c(cc1CNC(=O)CC[C@H]1NC(=O)NC1=O)O[C@H](C)C2. The molecule has 0 saturated carbocycles. The summed E-state index contributed by atoms with van der Waals surface area (Å²) < 4.78 is 11.5. The lowest BCUT2D eigenvalue weighted by atomic mass is 10.1. The van der Waals surface area contributed by atoms with Crippen LogP contribution in [0.1, 0.15) is 37.8 Å². The Morgan fingerprint density at radius 3 is 2.88 bits per heavy atom. The van der Waals surface area contributed by atoms with Gasteiger partial charge in [0.05, 0.1) is 6.61 Å². The fourth-order valence-corrected chi connectivity index (χ4v) is 3.13. The van der Waals surface area contributed by atoms with Crippen LogP contribution in [0, 0.1) is 0 Å². The molecule has 0 bridgehead atoms. The van der Waals surface area contributed by atoms with E-state index >= 15 is 0 Å². The molecular formula is C18H23N3O5. The number of carbonyl (C=O) groups is 3. The second kappa shape index (κ2) is 7.63. The first-order valence-corrected chi connectivity index (χ1v) is 8.79. The Balaban J connectivity index is 1.57. The number of imide groups is 1. The van der Waals surface area contributed by atoms with Crippen molar-refractivity contribution < 1.29 is 23.9 Å². The van der Waals surface area contributed by atoms with Gasteiger partial charge in [-0.2, -0.15) is 0 Å². The lowest BCUT2D eigenvalue weighted by molar-refractivity contribution is -0.122. The third-order valence-corrected chi connectivity index (χ3v) is 4.37. The molecule has 4 amide bonds. The first-order chi connectivity index (χ1) is 12.5. The highest BCUT2D eigenvalue weighted by Gasteiger charge is 2.29. The number of urea groups is 1. The van der Waals surface area contributed by atoms with Crippen LogP contribution in [-0.4, -0.2) is 36.6 Å². The van der Waals surface area contributed by atoms with Crippen LogP contribution in [0.2, 0.25) is 0 Å². The third-order valence-electron chi connectivity index (χ3n) is 4.37. The minimum absolute atomic E-state index is 0.136. The minimum atomic E-state index is -0.651. The maximum Gasteiger partial charge on any atom is 0.322 e. The van der Waals surface area contributed by atoms with E-state index < -0.39 is 18.0 Å². The average Bonchev–Trinajstić information content (AvgIpc) is 3.10. The van der Waals surface area contributed by atoms with E-state index in [0.29, 0.717) is 13.2 Å². The smallest absolute Gasteiger partial charge is 0.322 e. The van der Waals surface area contributed by atoms with Gasteiger partial charge >= 0.3 is 6.03 Å². The van der Waals surface area contributed by atoms with Gasteiger partial charge in [-0.15, -0.1) is 0 Å². The molecule has 0 spiro atoms. The van der Waals surface area contributed by atoms with Gasteiger partial charge in [-0.25, -0.2) is 4.79 Å². The van der Waals surface area contributed by atoms with E-state index in [1.54, 1.807) is 0 Å². The number of ether oxygens (including phenoxy) is 2. The summed E-state index contributed by atoms with van der Waals surface area (Å²) in [4.78, 5) is 34.6. The van der Waals surface area contributed by atoms with Crippen molar-refractivity contribution in [1.82, 2.24) is 16.0 Å². The van der Waals surface area contributed by atoms with Crippen LogP contribution in [0.5, 0.6) is 11.5 Å². The molecule has 0 radical (unpaired) electrons. The Morgan fingerprint density at radius 2 is 2.19 bits per heavy atom. The molecule has 3 N–H and O–H groups in total. The molecule has 140 valence electrons. The van der Waals surface area contributed by atoms with Crippen molar-refractivity contribution >= 4 is 17.8 Å². The molecule has 0 aliphatic carbocycles. The standard InChI is InChI=1S/C18H23N3O5/c1-3-25-14-7-11-6-10(2)26-15(11)8-12(14)9-19-16(22)5-4-13-17(23)21-18(24)20-13/h7-8,10,13H,3-6,9H2,1-2H3,(H,19,22)(H2,20,21,23,24)/t10-,13-/m1/s1. The topological polar surface area (TPSA) is 106 Å². The zero-order chi connectivity index (χ0) is 18.7. The number of fused-ring (bicyclic) bond motifs is 1. The maximum atomic E-state index is 12.1. The Kier molecular flexibility index (Phi) is 5.29. The van der Waals surface area contributed by atoms with Crippen molar-refractivity contribution in [3.8, 4) is 11.5 Å². The number of carbonyl (C=O) groups excluding carboxylic acids is 3. The van der Waals surface area contributed by atoms with Crippen molar-refractivity contribution in [3.63, 3.8) is 0 Å². The van der Waals surface area contributed by atoms with E-state index in [0.717, 1.165) is 29.0 Å². The summed E-state index contributed by atoms with van der Waals surface area (Å²) in [5.41, 5.74) is 1.96. The molecular weight excluding hydrogens is 338 g/mol. The number of hydrogen-bond acceptors (Lipinski definition) is 5. The highest BCUT2D eigenvalue weighted by molar-refractivity contribution is 6.04. The quantitative estimate of drug-likeness (QED) is 0.629.